The molecule has 0 saturated heterocycles. The van der Waals surface area contributed by atoms with E-state index in [0.29, 0.717) is 0 Å². The van der Waals surface area contributed by atoms with Crippen LogP contribution in [0.1, 0.15) is 44.5 Å². The highest BCUT2D eigenvalue weighted by Crippen LogP contribution is 2.68. The molecule has 0 unspecified atom stereocenters. The van der Waals surface area contributed by atoms with Crippen molar-refractivity contribution in [1.82, 2.24) is 0 Å². The van der Waals surface area contributed by atoms with E-state index in [2.05, 4.69) is 301 Å². The summed E-state index contributed by atoms with van der Waals surface area (Å²) in [5, 5.41) is 0. The zero-order valence-corrected chi connectivity index (χ0v) is 41.6. The van der Waals surface area contributed by atoms with Crippen LogP contribution in [0.15, 0.2) is 291 Å². The molecule has 2 heteroatoms. The van der Waals surface area contributed by atoms with Gasteiger partial charge in [-0.05, 0) is 126 Å². The molecule has 16 rings (SSSR count). The van der Waals surface area contributed by atoms with Crippen molar-refractivity contribution in [2.24, 2.45) is 0 Å². The predicted molar refractivity (Wildman–Crippen MR) is 314 cm³/mol. The summed E-state index contributed by atoms with van der Waals surface area (Å²) in [6.45, 7) is 0. The molecule has 1 aliphatic heterocycles. The Morgan fingerprint density at radius 1 is 0.224 bits per heavy atom. The molecular formula is C74H48N2. The Kier molecular flexibility index (Phi) is 9.20. The van der Waals surface area contributed by atoms with Gasteiger partial charge in [0.25, 0.3) is 0 Å². The summed E-state index contributed by atoms with van der Waals surface area (Å²) in [4.78, 5) is 5.10. The van der Waals surface area contributed by atoms with Gasteiger partial charge in [0, 0.05) is 22.4 Å². The van der Waals surface area contributed by atoms with Gasteiger partial charge < -0.3 is 9.80 Å². The lowest BCUT2D eigenvalue weighted by Gasteiger charge is -2.45. The molecule has 0 fully saturated rings. The van der Waals surface area contributed by atoms with Crippen molar-refractivity contribution in [3.8, 4) is 55.6 Å². The first-order valence-electron chi connectivity index (χ1n) is 26.5. The maximum Gasteiger partial charge on any atom is 0.0755 e. The smallest absolute Gasteiger partial charge is 0.0755 e. The van der Waals surface area contributed by atoms with Gasteiger partial charge in [0.2, 0.25) is 0 Å². The van der Waals surface area contributed by atoms with E-state index < -0.39 is 10.8 Å². The second kappa shape index (κ2) is 16.4. The Balaban J connectivity index is 1.01. The lowest BCUT2D eigenvalue weighted by atomic mass is 9.64. The van der Waals surface area contributed by atoms with Crippen LogP contribution in [0.5, 0.6) is 0 Å². The van der Waals surface area contributed by atoms with Gasteiger partial charge in [-0.1, -0.05) is 249 Å². The Hall–Kier alpha value is -9.76. The third-order valence-electron chi connectivity index (χ3n) is 17.1. The molecule has 0 atom stereocenters. The van der Waals surface area contributed by atoms with Gasteiger partial charge in [-0.2, -0.15) is 0 Å². The molecule has 0 bridgehead atoms. The summed E-state index contributed by atoms with van der Waals surface area (Å²) >= 11 is 0. The van der Waals surface area contributed by atoms with Crippen LogP contribution in [0.3, 0.4) is 0 Å². The number of benzene rings is 12. The van der Waals surface area contributed by atoms with E-state index in [0.717, 1.165) is 33.9 Å². The number of rotatable bonds is 6. The van der Waals surface area contributed by atoms with E-state index in [4.69, 9.17) is 0 Å². The fraction of sp³-hybridized carbons (Fsp3) is 0.0270. The monoisotopic (exact) mass is 964 g/mol. The van der Waals surface area contributed by atoms with Crippen LogP contribution in [0.2, 0.25) is 0 Å². The third kappa shape index (κ3) is 5.65. The van der Waals surface area contributed by atoms with Crippen LogP contribution in [0, 0.1) is 0 Å². The fourth-order valence-electron chi connectivity index (χ4n) is 14.3. The predicted octanol–water partition coefficient (Wildman–Crippen LogP) is 19.0. The Bertz CT molecular complexity index is 4210. The van der Waals surface area contributed by atoms with Crippen LogP contribution in [-0.4, -0.2) is 0 Å². The molecule has 354 valence electrons. The van der Waals surface area contributed by atoms with Gasteiger partial charge in [-0.3, -0.25) is 0 Å². The first-order chi connectivity index (χ1) is 37.8. The quantitative estimate of drug-likeness (QED) is 0.164. The Morgan fingerprint density at radius 3 is 1.09 bits per heavy atom. The van der Waals surface area contributed by atoms with Crippen molar-refractivity contribution in [2.75, 3.05) is 9.80 Å². The number of hydrogen-bond donors (Lipinski definition) is 0. The SMILES string of the molecule is c1ccc(-c2ccc(-c3ccccc3N(c3cccc4c3-c3ccccc3C43c4ccccc4-c4ccccc43)c3cccc4c3-c3ccccc3C43c4ccccc4N(c4ccccc4)c4ccccc43)cc2)cc1. The van der Waals surface area contributed by atoms with E-state index in [9.17, 15) is 0 Å². The van der Waals surface area contributed by atoms with Gasteiger partial charge >= 0.3 is 0 Å². The summed E-state index contributed by atoms with van der Waals surface area (Å²) in [6.07, 6.45) is 0. The standard InChI is InChI=1S/C74H48N2/c1-3-23-49(24-4-1)50-45-47-51(48-46-50)53-27-11-18-40-66(53)76(69-43-21-38-64-71(69)56-30-9-14-34-60(56)73(64)58-32-12-7-28-54(58)55-29-8-13-33-59(55)73)70-44-22-39-65-72(70)57-31-10-15-35-61(57)74(65)62-36-16-19-41-67(62)75(52-25-5-2-6-26-52)68-42-20-17-37-63(68)74/h1-48H. The molecule has 0 aromatic heterocycles. The minimum atomic E-state index is -0.634. The second-order valence-electron chi connectivity index (χ2n) is 20.6. The molecule has 12 aromatic rings. The highest BCUT2D eigenvalue weighted by atomic mass is 15.2. The van der Waals surface area contributed by atoms with E-state index in [-0.39, 0.29) is 0 Å². The topological polar surface area (TPSA) is 6.48 Å². The number of fused-ring (bicyclic) bond motifs is 19. The molecule has 2 spiro atoms. The van der Waals surface area contributed by atoms with Gasteiger partial charge in [0.15, 0.2) is 0 Å². The highest BCUT2D eigenvalue weighted by molar-refractivity contribution is 6.07. The molecule has 1 heterocycles. The van der Waals surface area contributed by atoms with Crippen molar-refractivity contribution < 1.29 is 0 Å². The summed E-state index contributed by atoms with van der Waals surface area (Å²) < 4.78 is 0. The maximum absolute atomic E-state index is 2.63. The number of nitrogens with zero attached hydrogens (tertiary/aromatic N) is 2. The van der Waals surface area contributed by atoms with Crippen molar-refractivity contribution in [1.29, 1.82) is 0 Å². The zero-order valence-electron chi connectivity index (χ0n) is 41.6. The molecule has 2 nitrogen and oxygen atoms in total. The van der Waals surface area contributed by atoms with E-state index in [1.165, 1.54) is 100 Å². The third-order valence-corrected chi connectivity index (χ3v) is 17.1. The molecule has 0 saturated carbocycles. The molecule has 76 heavy (non-hydrogen) atoms. The van der Waals surface area contributed by atoms with Gasteiger partial charge in [0.05, 0.1) is 39.3 Å². The summed E-state index contributed by atoms with van der Waals surface area (Å²) in [5.74, 6) is 0. The van der Waals surface area contributed by atoms with Crippen LogP contribution < -0.4 is 9.80 Å². The first-order valence-corrected chi connectivity index (χ1v) is 26.5. The molecule has 0 radical (unpaired) electrons. The van der Waals surface area contributed by atoms with Gasteiger partial charge in [-0.25, -0.2) is 0 Å². The lowest BCUT2D eigenvalue weighted by molar-refractivity contribution is 0.752. The van der Waals surface area contributed by atoms with Crippen LogP contribution in [0.25, 0.3) is 55.6 Å². The molecule has 3 aliphatic carbocycles. The minimum Gasteiger partial charge on any atom is -0.310 e. The first kappa shape index (κ1) is 42.7. The fourth-order valence-corrected chi connectivity index (χ4v) is 14.3. The van der Waals surface area contributed by atoms with Gasteiger partial charge in [-0.15, -0.1) is 0 Å². The normalized spacial score (nSPS) is 14.0. The van der Waals surface area contributed by atoms with Crippen molar-refractivity contribution >= 4 is 34.1 Å². The van der Waals surface area contributed by atoms with E-state index >= 15 is 0 Å². The van der Waals surface area contributed by atoms with Crippen molar-refractivity contribution in [3.05, 3.63) is 336 Å². The molecular weight excluding hydrogens is 917 g/mol. The summed E-state index contributed by atoms with van der Waals surface area (Å²) in [6, 6.07) is 109. The molecule has 12 aromatic carbocycles. The molecule has 0 amide bonds. The van der Waals surface area contributed by atoms with Crippen molar-refractivity contribution in [2.45, 2.75) is 10.8 Å². The highest BCUT2D eigenvalue weighted by Gasteiger charge is 2.55. The van der Waals surface area contributed by atoms with Crippen LogP contribution in [-0.2, 0) is 10.8 Å². The van der Waals surface area contributed by atoms with Gasteiger partial charge in [0.1, 0.15) is 0 Å². The molecule has 4 aliphatic rings. The average Bonchev–Trinajstić information content (AvgIpc) is 4.20. The minimum absolute atomic E-state index is 0.511. The molecule has 0 N–H and O–H groups in total. The Labute approximate surface area is 443 Å². The number of para-hydroxylation sites is 4. The second-order valence-corrected chi connectivity index (χ2v) is 20.6. The zero-order chi connectivity index (χ0) is 50.0. The maximum atomic E-state index is 2.63. The Morgan fingerprint density at radius 2 is 0.566 bits per heavy atom. The largest absolute Gasteiger partial charge is 0.310 e. The van der Waals surface area contributed by atoms with E-state index in [1.54, 1.807) is 0 Å². The summed E-state index contributed by atoms with van der Waals surface area (Å²) in [5.41, 5.74) is 28.4. The average molecular weight is 965 g/mol. The van der Waals surface area contributed by atoms with Crippen LogP contribution in [0.4, 0.5) is 34.1 Å². The van der Waals surface area contributed by atoms with E-state index in [1.807, 2.05) is 0 Å². The van der Waals surface area contributed by atoms with Crippen LogP contribution >= 0.6 is 0 Å². The number of anilines is 6. The van der Waals surface area contributed by atoms with Crippen molar-refractivity contribution in [3.63, 3.8) is 0 Å². The lowest BCUT2D eigenvalue weighted by Crippen LogP contribution is -2.36. The summed E-state index contributed by atoms with van der Waals surface area (Å²) in [7, 11) is 0. The number of hydrogen-bond acceptors (Lipinski definition) is 2.